The van der Waals surface area contributed by atoms with Gasteiger partial charge in [-0.2, -0.15) is 4.68 Å². The Labute approximate surface area is 178 Å². The summed E-state index contributed by atoms with van der Waals surface area (Å²) < 4.78 is 17.8. The van der Waals surface area contributed by atoms with Gasteiger partial charge in [-0.05, 0) is 47.2 Å². The number of aryl methyl sites for hydroxylation is 1. The van der Waals surface area contributed by atoms with Crippen molar-refractivity contribution < 1.29 is 18.7 Å². The molecule has 0 unspecified atom stereocenters. The molecule has 4 rings (SSSR count). The van der Waals surface area contributed by atoms with Crippen LogP contribution in [-0.4, -0.2) is 39.4 Å². The Morgan fingerprint density at radius 1 is 1.06 bits per heavy atom. The molecule has 2 aromatic carbocycles. The molecule has 8 heteroatoms. The van der Waals surface area contributed by atoms with Gasteiger partial charge in [0.15, 0.2) is 11.5 Å². The molecule has 31 heavy (non-hydrogen) atoms. The van der Waals surface area contributed by atoms with Crippen LogP contribution in [0.3, 0.4) is 0 Å². The fourth-order valence-electron chi connectivity index (χ4n) is 2.90. The van der Waals surface area contributed by atoms with E-state index in [2.05, 4.69) is 15.5 Å². The molecule has 8 nitrogen and oxygen atoms in total. The number of nitrogens with zero attached hydrogens (tertiary/aromatic N) is 4. The fourth-order valence-corrected chi connectivity index (χ4v) is 2.90. The van der Waals surface area contributed by atoms with Gasteiger partial charge in [0.25, 0.3) is 0 Å². The lowest BCUT2D eigenvalue weighted by atomic mass is 10.2. The first-order valence-electron chi connectivity index (χ1n) is 9.67. The Balaban J connectivity index is 1.51. The summed E-state index contributed by atoms with van der Waals surface area (Å²) >= 11 is 0. The smallest absolute Gasteiger partial charge is 0.357 e. The second-order valence-electron chi connectivity index (χ2n) is 6.63. The average molecular weight is 416 g/mol. The molecule has 0 saturated carbocycles. The normalized spacial score (nSPS) is 11.3. The highest BCUT2D eigenvalue weighted by Gasteiger charge is 2.21. The van der Waals surface area contributed by atoms with Crippen molar-refractivity contribution in [1.82, 2.24) is 20.2 Å². The number of carbonyl (C=O) groups is 1. The summed E-state index contributed by atoms with van der Waals surface area (Å²) in [5, 5.41) is 11.8. The van der Waals surface area contributed by atoms with Crippen molar-refractivity contribution in [2.45, 2.75) is 6.92 Å². The summed E-state index contributed by atoms with van der Waals surface area (Å²) in [6, 6.07) is 20.4. The first kappa shape index (κ1) is 20.1. The lowest BCUT2D eigenvalue weighted by Crippen LogP contribution is -2.18. The molecule has 0 aliphatic carbocycles. The van der Waals surface area contributed by atoms with E-state index in [0.29, 0.717) is 17.3 Å². The van der Waals surface area contributed by atoms with Crippen LogP contribution in [-0.2, 0) is 9.53 Å². The van der Waals surface area contributed by atoms with Gasteiger partial charge < -0.3 is 13.9 Å². The van der Waals surface area contributed by atoms with Crippen LogP contribution in [0.1, 0.15) is 11.3 Å². The quantitative estimate of drug-likeness (QED) is 0.245. The molecule has 2 aromatic heterocycles. The number of tetrazole rings is 1. The van der Waals surface area contributed by atoms with E-state index in [4.69, 9.17) is 13.9 Å². The molecule has 4 aromatic rings. The van der Waals surface area contributed by atoms with Gasteiger partial charge in [-0.1, -0.05) is 42.5 Å². The second kappa shape index (κ2) is 9.53. The molecule has 0 bridgehead atoms. The summed E-state index contributed by atoms with van der Waals surface area (Å²) in [4.78, 5) is 12.9. The maximum absolute atomic E-state index is 12.9. The van der Waals surface area contributed by atoms with E-state index in [1.165, 1.54) is 17.0 Å². The van der Waals surface area contributed by atoms with E-state index >= 15 is 0 Å². The minimum Gasteiger partial charge on any atom is -0.490 e. The molecule has 0 amide bonds. The van der Waals surface area contributed by atoms with E-state index in [0.717, 1.165) is 11.1 Å². The highest BCUT2D eigenvalue weighted by atomic mass is 16.6. The van der Waals surface area contributed by atoms with E-state index in [-0.39, 0.29) is 18.9 Å². The molecule has 0 saturated heterocycles. The molecular formula is C23H20N4O4. The van der Waals surface area contributed by atoms with Crippen LogP contribution >= 0.6 is 0 Å². The monoisotopic (exact) mass is 416 g/mol. The molecule has 0 spiro atoms. The zero-order valence-electron chi connectivity index (χ0n) is 16.8. The Morgan fingerprint density at radius 2 is 1.94 bits per heavy atom. The number of carbonyl (C=O) groups excluding carboxylic acids is 1. The second-order valence-corrected chi connectivity index (χ2v) is 6.63. The predicted molar refractivity (Wildman–Crippen MR) is 114 cm³/mol. The molecule has 0 radical (unpaired) electrons. The molecule has 0 fully saturated rings. The highest BCUT2D eigenvalue weighted by molar-refractivity contribution is 6.15. The van der Waals surface area contributed by atoms with Gasteiger partial charge in [0, 0.05) is 11.6 Å². The average Bonchev–Trinajstić information content (AvgIpc) is 3.47. The Bertz CT molecular complexity index is 1170. The molecule has 156 valence electrons. The number of esters is 1. The fraction of sp³-hybridized carbons (Fsp3) is 0.130. The Hall–Kier alpha value is -4.20. The van der Waals surface area contributed by atoms with Crippen LogP contribution in [0.15, 0.2) is 77.4 Å². The van der Waals surface area contributed by atoms with Gasteiger partial charge in [0.05, 0.1) is 6.26 Å². The predicted octanol–water partition coefficient (Wildman–Crippen LogP) is 3.86. The van der Waals surface area contributed by atoms with Gasteiger partial charge in [-0.3, -0.25) is 0 Å². The van der Waals surface area contributed by atoms with Gasteiger partial charge in [0.1, 0.15) is 24.7 Å². The van der Waals surface area contributed by atoms with Gasteiger partial charge in [-0.15, -0.1) is 5.10 Å². The third kappa shape index (κ3) is 5.05. The van der Waals surface area contributed by atoms with Crippen LogP contribution in [0.25, 0.3) is 23.2 Å². The number of benzene rings is 2. The van der Waals surface area contributed by atoms with Crippen LogP contribution in [0.4, 0.5) is 0 Å². The minimum atomic E-state index is -0.603. The first-order valence-corrected chi connectivity index (χ1v) is 9.67. The van der Waals surface area contributed by atoms with Crippen LogP contribution in [0.2, 0.25) is 0 Å². The topological polar surface area (TPSA) is 92.3 Å². The third-order valence-corrected chi connectivity index (χ3v) is 4.34. The van der Waals surface area contributed by atoms with Crippen molar-refractivity contribution in [3.05, 3.63) is 84.3 Å². The zero-order chi connectivity index (χ0) is 21.5. The molecule has 0 aliphatic heterocycles. The number of hydrogen-bond donors (Lipinski definition) is 0. The Kier molecular flexibility index (Phi) is 6.18. The maximum Gasteiger partial charge on any atom is 0.357 e. The van der Waals surface area contributed by atoms with Crippen molar-refractivity contribution >= 4 is 17.7 Å². The van der Waals surface area contributed by atoms with Crippen molar-refractivity contribution in [1.29, 1.82) is 0 Å². The largest absolute Gasteiger partial charge is 0.490 e. The van der Waals surface area contributed by atoms with Crippen LogP contribution in [0, 0.1) is 6.92 Å². The Morgan fingerprint density at radius 3 is 2.71 bits per heavy atom. The van der Waals surface area contributed by atoms with Gasteiger partial charge in [-0.25, -0.2) is 4.79 Å². The van der Waals surface area contributed by atoms with Crippen LogP contribution < -0.4 is 4.74 Å². The van der Waals surface area contributed by atoms with Crippen molar-refractivity contribution in [2.24, 2.45) is 0 Å². The lowest BCUT2D eigenvalue weighted by molar-refractivity contribution is -0.137. The number of ether oxygens (including phenoxy) is 2. The molecule has 2 heterocycles. The number of furan rings is 1. The highest BCUT2D eigenvalue weighted by Crippen LogP contribution is 2.21. The SMILES string of the molecule is Cc1cccc(OCCOC(=O)/C(=C/c2ccco2)n2nnnc2-c2ccccc2)c1. The van der Waals surface area contributed by atoms with Crippen LogP contribution in [0.5, 0.6) is 5.75 Å². The summed E-state index contributed by atoms with van der Waals surface area (Å²) in [7, 11) is 0. The van der Waals surface area contributed by atoms with E-state index in [1.807, 2.05) is 61.5 Å². The van der Waals surface area contributed by atoms with E-state index < -0.39 is 5.97 Å². The number of hydrogen-bond acceptors (Lipinski definition) is 7. The molecular weight excluding hydrogens is 396 g/mol. The van der Waals surface area contributed by atoms with Gasteiger partial charge >= 0.3 is 5.97 Å². The zero-order valence-corrected chi connectivity index (χ0v) is 16.8. The summed E-state index contributed by atoms with van der Waals surface area (Å²) in [5.74, 6) is 0.992. The number of rotatable bonds is 8. The molecule has 0 N–H and O–H groups in total. The third-order valence-electron chi connectivity index (χ3n) is 4.34. The van der Waals surface area contributed by atoms with E-state index in [1.54, 1.807) is 12.1 Å². The van der Waals surface area contributed by atoms with Crippen molar-refractivity contribution in [3.8, 4) is 17.1 Å². The lowest BCUT2D eigenvalue weighted by Gasteiger charge is -2.11. The summed E-state index contributed by atoms with van der Waals surface area (Å²) in [6.45, 7) is 2.25. The summed E-state index contributed by atoms with van der Waals surface area (Å²) in [5.41, 5.74) is 1.97. The van der Waals surface area contributed by atoms with Crippen molar-refractivity contribution in [2.75, 3.05) is 13.2 Å². The van der Waals surface area contributed by atoms with Crippen molar-refractivity contribution in [3.63, 3.8) is 0 Å². The first-order chi connectivity index (χ1) is 15.2. The maximum atomic E-state index is 12.9. The van der Waals surface area contributed by atoms with E-state index in [9.17, 15) is 4.79 Å². The van der Waals surface area contributed by atoms with Gasteiger partial charge in [0.2, 0.25) is 0 Å². The molecule has 0 aliphatic rings. The number of aromatic nitrogens is 4. The summed E-state index contributed by atoms with van der Waals surface area (Å²) in [6.07, 6.45) is 3.05. The minimum absolute atomic E-state index is 0.0606. The molecule has 0 atom stereocenters. The standard InChI is InChI=1S/C23H20N4O4/c1-17-7-5-10-19(15-17)30-13-14-31-23(28)21(16-20-11-6-12-29-20)27-22(24-25-26-27)18-8-3-2-4-9-18/h2-12,15-16H,13-14H2,1H3/b21-16-.